The second kappa shape index (κ2) is 8.01. The lowest BCUT2D eigenvalue weighted by Crippen LogP contribution is -2.35. The molecule has 8 nitrogen and oxygen atoms in total. The van der Waals surface area contributed by atoms with Crippen LogP contribution in [0.5, 0.6) is 0 Å². The highest BCUT2D eigenvalue weighted by atomic mass is 32.2. The van der Waals surface area contributed by atoms with Crippen LogP contribution in [-0.4, -0.2) is 53.9 Å². The van der Waals surface area contributed by atoms with Crippen LogP contribution in [0.25, 0.3) is 0 Å². The van der Waals surface area contributed by atoms with Gasteiger partial charge in [-0.2, -0.15) is 4.31 Å². The minimum absolute atomic E-state index is 0.0397. The van der Waals surface area contributed by atoms with Gasteiger partial charge in [0.05, 0.1) is 0 Å². The Morgan fingerprint density at radius 2 is 1.92 bits per heavy atom. The number of hydrogen-bond acceptors (Lipinski definition) is 4. The Bertz CT molecular complexity index is 735. The van der Waals surface area contributed by atoms with Gasteiger partial charge in [-0.25, -0.2) is 8.42 Å². The van der Waals surface area contributed by atoms with Gasteiger partial charge in [0.2, 0.25) is 10.0 Å². The molecule has 1 aromatic rings. The van der Waals surface area contributed by atoms with Gasteiger partial charge >= 0.3 is 5.97 Å². The Morgan fingerprint density at radius 1 is 1.28 bits per heavy atom. The molecule has 0 aromatic carbocycles. The molecule has 1 aliphatic heterocycles. The first-order chi connectivity index (χ1) is 11.7. The fourth-order valence-corrected chi connectivity index (χ4v) is 4.47. The molecule has 1 fully saturated rings. The third-order valence-corrected chi connectivity index (χ3v) is 6.16. The quantitative estimate of drug-likeness (QED) is 0.744. The summed E-state index contributed by atoms with van der Waals surface area (Å²) in [5.74, 6) is -1.55. The van der Waals surface area contributed by atoms with E-state index in [0.717, 1.165) is 19.3 Å². The zero-order valence-corrected chi connectivity index (χ0v) is 15.4. The summed E-state index contributed by atoms with van der Waals surface area (Å²) >= 11 is 0. The minimum atomic E-state index is -3.59. The smallest absolute Gasteiger partial charge is 0.303 e. The molecule has 1 amide bonds. The van der Waals surface area contributed by atoms with Gasteiger partial charge in [0.15, 0.2) is 0 Å². The first-order valence-electron chi connectivity index (χ1n) is 8.38. The molecule has 1 atom stereocenters. The summed E-state index contributed by atoms with van der Waals surface area (Å²) in [6.07, 6.45) is 4.13. The van der Waals surface area contributed by atoms with Crippen molar-refractivity contribution in [2.24, 2.45) is 13.0 Å². The second-order valence-electron chi connectivity index (χ2n) is 6.55. The lowest BCUT2D eigenvalue weighted by molar-refractivity contribution is -0.137. The number of carbonyl (C=O) groups excluding carboxylic acids is 1. The molecule has 0 aliphatic carbocycles. The summed E-state index contributed by atoms with van der Waals surface area (Å²) in [6.45, 7) is 2.95. The zero-order valence-electron chi connectivity index (χ0n) is 14.6. The van der Waals surface area contributed by atoms with Crippen molar-refractivity contribution in [1.82, 2.24) is 14.2 Å². The van der Waals surface area contributed by atoms with Crippen LogP contribution in [0.15, 0.2) is 17.2 Å². The van der Waals surface area contributed by atoms with E-state index in [1.807, 2.05) is 0 Å². The third-order valence-electron chi connectivity index (χ3n) is 4.30. The fourth-order valence-electron chi connectivity index (χ4n) is 2.88. The maximum absolute atomic E-state index is 12.7. The normalized spacial score (nSPS) is 17.2. The molecular weight excluding hydrogens is 346 g/mol. The van der Waals surface area contributed by atoms with Crippen molar-refractivity contribution in [3.05, 3.63) is 18.0 Å². The molecule has 2 heterocycles. The van der Waals surface area contributed by atoms with Gasteiger partial charge in [-0.15, -0.1) is 0 Å². The summed E-state index contributed by atoms with van der Waals surface area (Å²) in [4.78, 5) is 23.1. The molecule has 25 heavy (non-hydrogen) atoms. The van der Waals surface area contributed by atoms with E-state index >= 15 is 0 Å². The Kier molecular flexibility index (Phi) is 6.23. The van der Waals surface area contributed by atoms with Crippen LogP contribution in [0.4, 0.5) is 0 Å². The van der Waals surface area contributed by atoms with Gasteiger partial charge < -0.3 is 15.0 Å². The van der Waals surface area contributed by atoms with Crippen molar-refractivity contribution in [2.75, 3.05) is 19.6 Å². The highest BCUT2D eigenvalue weighted by Crippen LogP contribution is 2.22. The van der Waals surface area contributed by atoms with Crippen LogP contribution in [0, 0.1) is 5.92 Å². The third kappa shape index (κ3) is 4.82. The Labute approximate surface area is 147 Å². The van der Waals surface area contributed by atoms with Crippen LogP contribution in [0.1, 0.15) is 43.1 Å². The molecule has 1 unspecified atom stereocenters. The Morgan fingerprint density at radius 3 is 2.52 bits per heavy atom. The summed E-state index contributed by atoms with van der Waals surface area (Å²) in [7, 11) is -1.97. The van der Waals surface area contributed by atoms with E-state index in [1.165, 1.54) is 21.1 Å². The Balaban J connectivity index is 2.08. The van der Waals surface area contributed by atoms with E-state index in [-0.39, 0.29) is 29.5 Å². The first-order valence-corrected chi connectivity index (χ1v) is 9.82. The van der Waals surface area contributed by atoms with Gasteiger partial charge in [-0.1, -0.05) is 13.3 Å². The van der Waals surface area contributed by atoms with Crippen LogP contribution in [0.3, 0.4) is 0 Å². The molecule has 1 aliphatic rings. The van der Waals surface area contributed by atoms with Crippen molar-refractivity contribution >= 4 is 21.9 Å². The van der Waals surface area contributed by atoms with Crippen molar-refractivity contribution in [3.8, 4) is 0 Å². The lowest BCUT2D eigenvalue weighted by atomic mass is 10.1. The molecule has 0 saturated carbocycles. The molecule has 9 heteroatoms. The number of aromatic nitrogens is 1. The molecule has 2 rings (SSSR count). The van der Waals surface area contributed by atoms with Crippen LogP contribution >= 0.6 is 0 Å². The number of carboxylic acids is 1. The van der Waals surface area contributed by atoms with Crippen molar-refractivity contribution in [1.29, 1.82) is 0 Å². The number of piperidine rings is 1. The average molecular weight is 371 g/mol. The maximum atomic E-state index is 12.7. The lowest BCUT2D eigenvalue weighted by Gasteiger charge is -2.25. The van der Waals surface area contributed by atoms with Crippen molar-refractivity contribution < 1.29 is 23.1 Å². The van der Waals surface area contributed by atoms with Gasteiger partial charge in [0.1, 0.15) is 10.6 Å². The number of hydrogen-bond donors (Lipinski definition) is 2. The first kappa shape index (κ1) is 19.5. The predicted molar refractivity (Wildman–Crippen MR) is 91.8 cm³/mol. The second-order valence-corrected chi connectivity index (χ2v) is 8.49. The van der Waals surface area contributed by atoms with E-state index in [9.17, 15) is 18.0 Å². The molecule has 2 N–H and O–H groups in total. The molecule has 1 saturated heterocycles. The number of amides is 1. The standard InChI is InChI=1S/C16H25N3O5S/c1-12(8-15(20)21)10-17-16(22)14-9-13(11-18(14)2)25(23,24)19-6-4-3-5-7-19/h9,11-12H,3-8,10H2,1-2H3,(H,17,22)(H,20,21). The summed E-state index contributed by atoms with van der Waals surface area (Å²) in [5, 5.41) is 11.4. The Hall–Kier alpha value is -1.87. The SMILES string of the molecule is CC(CNC(=O)c1cc(S(=O)(=O)N2CCCCC2)cn1C)CC(=O)O. The largest absolute Gasteiger partial charge is 0.481 e. The van der Waals surface area contributed by atoms with E-state index in [2.05, 4.69) is 5.32 Å². The summed E-state index contributed by atoms with van der Waals surface area (Å²) in [5.41, 5.74) is 0.234. The number of nitrogens with one attached hydrogen (secondary N) is 1. The number of carbonyl (C=O) groups is 2. The predicted octanol–water partition coefficient (Wildman–Crippen LogP) is 1.04. The molecule has 0 bridgehead atoms. The molecule has 0 radical (unpaired) electrons. The number of nitrogens with zero attached hydrogens (tertiary/aromatic N) is 2. The van der Waals surface area contributed by atoms with E-state index < -0.39 is 21.9 Å². The maximum Gasteiger partial charge on any atom is 0.303 e. The monoisotopic (exact) mass is 371 g/mol. The molecule has 140 valence electrons. The number of sulfonamides is 1. The van der Waals surface area contributed by atoms with Crippen molar-refractivity contribution in [3.63, 3.8) is 0 Å². The van der Waals surface area contributed by atoms with Crippen LogP contribution in [0.2, 0.25) is 0 Å². The van der Waals surface area contributed by atoms with Crippen molar-refractivity contribution in [2.45, 2.75) is 37.5 Å². The van der Waals surface area contributed by atoms with Crippen LogP contribution < -0.4 is 5.32 Å². The molecular formula is C16H25N3O5S. The fraction of sp³-hybridized carbons (Fsp3) is 0.625. The van der Waals surface area contributed by atoms with Crippen LogP contribution in [-0.2, 0) is 21.9 Å². The molecule has 1 aromatic heterocycles. The highest BCUT2D eigenvalue weighted by Gasteiger charge is 2.28. The van der Waals surface area contributed by atoms with E-state index in [1.54, 1.807) is 14.0 Å². The minimum Gasteiger partial charge on any atom is -0.481 e. The number of aryl methyl sites for hydroxylation is 1. The van der Waals surface area contributed by atoms with Gasteiger partial charge in [0, 0.05) is 39.3 Å². The van der Waals surface area contributed by atoms with E-state index in [4.69, 9.17) is 5.11 Å². The summed E-state index contributed by atoms with van der Waals surface area (Å²) in [6, 6.07) is 1.38. The average Bonchev–Trinajstić information content (AvgIpc) is 2.95. The molecule has 0 spiro atoms. The number of rotatable bonds is 7. The van der Waals surface area contributed by atoms with Gasteiger partial charge in [0.25, 0.3) is 5.91 Å². The number of carboxylic acid groups (broad SMARTS) is 1. The van der Waals surface area contributed by atoms with Gasteiger partial charge in [-0.05, 0) is 24.8 Å². The number of aliphatic carboxylic acids is 1. The highest BCUT2D eigenvalue weighted by molar-refractivity contribution is 7.89. The summed E-state index contributed by atoms with van der Waals surface area (Å²) < 4.78 is 28.3. The topological polar surface area (TPSA) is 109 Å². The van der Waals surface area contributed by atoms with Gasteiger partial charge in [-0.3, -0.25) is 9.59 Å². The van der Waals surface area contributed by atoms with E-state index in [0.29, 0.717) is 13.1 Å². The zero-order chi connectivity index (χ0) is 18.6.